The summed E-state index contributed by atoms with van der Waals surface area (Å²) in [6, 6.07) is 8.26. The molecule has 1 fully saturated rings. The molecule has 2 amide bonds. The van der Waals surface area contributed by atoms with Gasteiger partial charge in [-0.15, -0.1) is 0 Å². The van der Waals surface area contributed by atoms with E-state index in [1.54, 1.807) is 7.11 Å². The monoisotopic (exact) mass is 320 g/mol. The molecule has 6 nitrogen and oxygen atoms in total. The van der Waals surface area contributed by atoms with Crippen LogP contribution in [0.5, 0.6) is 0 Å². The van der Waals surface area contributed by atoms with E-state index < -0.39 is 0 Å². The molecule has 1 aromatic heterocycles. The van der Waals surface area contributed by atoms with Crippen LogP contribution in [0.15, 0.2) is 24.3 Å². The lowest BCUT2D eigenvalue weighted by molar-refractivity contribution is 0.177. The van der Waals surface area contributed by atoms with E-state index in [-0.39, 0.29) is 6.03 Å². The number of methoxy groups -OCH3 is 1. The number of benzene rings is 1. The lowest BCUT2D eigenvalue weighted by atomic mass is 10.2. The Kier molecular flexibility index (Phi) is 4.74. The Morgan fingerprint density at radius 1 is 1.32 bits per heavy atom. The van der Waals surface area contributed by atoms with E-state index in [4.69, 9.17) is 4.74 Å². The molecule has 7 heteroatoms. The summed E-state index contributed by atoms with van der Waals surface area (Å²) >= 11 is 1.53. The lowest BCUT2D eigenvalue weighted by Crippen LogP contribution is -2.52. The quantitative estimate of drug-likeness (QED) is 0.873. The number of amides is 2. The molecule has 0 aliphatic carbocycles. The van der Waals surface area contributed by atoms with E-state index in [1.807, 2.05) is 17.0 Å². The lowest BCUT2D eigenvalue weighted by Gasteiger charge is -2.35. The molecule has 2 heterocycles. The molecule has 2 aromatic rings. The van der Waals surface area contributed by atoms with Gasteiger partial charge in [-0.2, -0.15) is 4.37 Å². The molecule has 1 saturated heterocycles. The van der Waals surface area contributed by atoms with Gasteiger partial charge in [0.25, 0.3) is 0 Å². The third-order valence-electron chi connectivity index (χ3n) is 3.81. The van der Waals surface area contributed by atoms with Gasteiger partial charge in [-0.05, 0) is 23.7 Å². The van der Waals surface area contributed by atoms with Crippen LogP contribution in [-0.2, 0) is 4.74 Å². The number of aromatic nitrogens is 1. The summed E-state index contributed by atoms with van der Waals surface area (Å²) in [5, 5.41) is 4.06. The van der Waals surface area contributed by atoms with E-state index in [1.165, 1.54) is 21.6 Å². The zero-order chi connectivity index (χ0) is 15.4. The minimum Gasteiger partial charge on any atom is -0.383 e. The second kappa shape index (κ2) is 6.93. The van der Waals surface area contributed by atoms with Crippen LogP contribution in [0.2, 0.25) is 0 Å². The number of rotatable bonds is 4. The summed E-state index contributed by atoms with van der Waals surface area (Å²) in [5.74, 6) is 1.04. The fourth-order valence-corrected chi connectivity index (χ4v) is 3.39. The number of nitrogens with one attached hydrogen (secondary N) is 1. The number of ether oxygens (including phenoxy) is 1. The number of carbonyl (C=O) groups excluding carboxylic acids is 1. The second-order valence-corrected chi connectivity index (χ2v) is 6.01. The van der Waals surface area contributed by atoms with Gasteiger partial charge in [0.15, 0.2) is 0 Å². The number of carbonyl (C=O) groups is 1. The summed E-state index contributed by atoms with van der Waals surface area (Å²) < 4.78 is 10.7. The number of hydrogen-bond acceptors (Lipinski definition) is 5. The average molecular weight is 320 g/mol. The standard InChI is InChI=1S/C15H20N4O2S/c1-21-11-6-16-15(20)19-9-7-18(8-10-19)14-12-4-2-3-5-13(12)22-17-14/h2-5H,6-11H2,1H3,(H,16,20). The first-order chi connectivity index (χ1) is 10.8. The maximum Gasteiger partial charge on any atom is 0.317 e. The van der Waals surface area contributed by atoms with E-state index in [2.05, 4.69) is 26.7 Å². The van der Waals surface area contributed by atoms with Crippen molar-refractivity contribution in [3.8, 4) is 0 Å². The first-order valence-electron chi connectivity index (χ1n) is 7.40. The molecule has 0 unspecified atom stereocenters. The molecule has 0 saturated carbocycles. The molecule has 1 aliphatic heterocycles. The first kappa shape index (κ1) is 15.1. The Hall–Kier alpha value is -1.86. The number of hydrogen-bond donors (Lipinski definition) is 1. The van der Waals surface area contributed by atoms with Crippen LogP contribution >= 0.6 is 11.5 Å². The number of fused-ring (bicyclic) bond motifs is 1. The third-order valence-corrected chi connectivity index (χ3v) is 4.62. The summed E-state index contributed by atoms with van der Waals surface area (Å²) in [4.78, 5) is 16.1. The first-order valence-corrected chi connectivity index (χ1v) is 8.18. The third kappa shape index (κ3) is 3.15. The highest BCUT2D eigenvalue weighted by atomic mass is 32.1. The summed E-state index contributed by atoms with van der Waals surface area (Å²) in [7, 11) is 1.63. The van der Waals surface area contributed by atoms with Crippen LogP contribution in [0.4, 0.5) is 10.6 Å². The molecule has 118 valence electrons. The number of piperazine rings is 1. The summed E-state index contributed by atoms with van der Waals surface area (Å²) in [5.41, 5.74) is 0. The molecule has 1 N–H and O–H groups in total. The molecular formula is C15H20N4O2S. The SMILES string of the molecule is COCCNC(=O)N1CCN(c2nsc3ccccc23)CC1. The van der Waals surface area contributed by atoms with Gasteiger partial charge in [0.2, 0.25) is 0 Å². The van der Waals surface area contributed by atoms with Crippen LogP contribution < -0.4 is 10.2 Å². The fourth-order valence-electron chi connectivity index (χ4n) is 2.59. The predicted octanol–water partition coefficient (Wildman–Crippen LogP) is 1.77. The second-order valence-electron chi connectivity index (χ2n) is 5.20. The van der Waals surface area contributed by atoms with E-state index in [0.717, 1.165) is 18.9 Å². The van der Waals surface area contributed by atoms with Crippen molar-refractivity contribution < 1.29 is 9.53 Å². The number of urea groups is 1. The molecular weight excluding hydrogens is 300 g/mol. The van der Waals surface area contributed by atoms with Gasteiger partial charge in [0.1, 0.15) is 5.82 Å². The van der Waals surface area contributed by atoms with Crippen molar-refractivity contribution in [1.29, 1.82) is 0 Å². The molecule has 3 rings (SSSR count). The average Bonchev–Trinajstić information content (AvgIpc) is 2.99. The largest absolute Gasteiger partial charge is 0.383 e. The van der Waals surface area contributed by atoms with E-state index >= 15 is 0 Å². The van der Waals surface area contributed by atoms with Crippen molar-refractivity contribution in [3.63, 3.8) is 0 Å². The summed E-state index contributed by atoms with van der Waals surface area (Å²) in [6.07, 6.45) is 0. The minimum absolute atomic E-state index is 0.0140. The van der Waals surface area contributed by atoms with Gasteiger partial charge in [-0.25, -0.2) is 4.79 Å². The van der Waals surface area contributed by atoms with Gasteiger partial charge in [0, 0.05) is 45.2 Å². The van der Waals surface area contributed by atoms with Crippen molar-refractivity contribution in [2.75, 3.05) is 51.3 Å². The Morgan fingerprint density at radius 2 is 2.09 bits per heavy atom. The van der Waals surface area contributed by atoms with Crippen LogP contribution in [0.3, 0.4) is 0 Å². The van der Waals surface area contributed by atoms with Crippen molar-refractivity contribution >= 4 is 33.5 Å². The zero-order valence-electron chi connectivity index (χ0n) is 12.6. The van der Waals surface area contributed by atoms with Gasteiger partial charge >= 0.3 is 6.03 Å². The van der Waals surface area contributed by atoms with Crippen LogP contribution in [0.1, 0.15) is 0 Å². The Bertz CT molecular complexity index is 637. The van der Waals surface area contributed by atoms with Gasteiger partial charge in [-0.1, -0.05) is 12.1 Å². The van der Waals surface area contributed by atoms with E-state index in [0.29, 0.717) is 26.2 Å². The van der Waals surface area contributed by atoms with Gasteiger partial charge in [0.05, 0.1) is 11.3 Å². The topological polar surface area (TPSA) is 57.7 Å². The number of anilines is 1. The van der Waals surface area contributed by atoms with Crippen molar-refractivity contribution in [1.82, 2.24) is 14.6 Å². The maximum atomic E-state index is 12.0. The molecule has 1 aliphatic rings. The number of nitrogens with zero attached hydrogens (tertiary/aromatic N) is 3. The normalized spacial score (nSPS) is 15.3. The molecule has 0 atom stereocenters. The Labute approximate surface area is 133 Å². The highest BCUT2D eigenvalue weighted by Crippen LogP contribution is 2.29. The van der Waals surface area contributed by atoms with Crippen LogP contribution in [0, 0.1) is 0 Å². The van der Waals surface area contributed by atoms with E-state index in [9.17, 15) is 4.79 Å². The minimum atomic E-state index is -0.0140. The van der Waals surface area contributed by atoms with Gasteiger partial charge in [-0.3, -0.25) is 0 Å². The molecule has 0 bridgehead atoms. The molecule has 1 aromatic carbocycles. The molecule has 0 spiro atoms. The summed E-state index contributed by atoms with van der Waals surface area (Å²) in [6.45, 7) is 4.13. The molecule has 22 heavy (non-hydrogen) atoms. The Morgan fingerprint density at radius 3 is 2.86 bits per heavy atom. The highest BCUT2D eigenvalue weighted by Gasteiger charge is 2.23. The van der Waals surface area contributed by atoms with Crippen molar-refractivity contribution in [2.24, 2.45) is 0 Å². The van der Waals surface area contributed by atoms with Crippen molar-refractivity contribution in [2.45, 2.75) is 0 Å². The van der Waals surface area contributed by atoms with Crippen LogP contribution in [-0.4, -0.2) is 61.7 Å². The fraction of sp³-hybridized carbons (Fsp3) is 0.467. The smallest absolute Gasteiger partial charge is 0.317 e. The highest BCUT2D eigenvalue weighted by molar-refractivity contribution is 7.13. The van der Waals surface area contributed by atoms with Crippen molar-refractivity contribution in [3.05, 3.63) is 24.3 Å². The zero-order valence-corrected chi connectivity index (χ0v) is 13.4. The predicted molar refractivity (Wildman–Crippen MR) is 88.7 cm³/mol. The van der Waals surface area contributed by atoms with Gasteiger partial charge < -0.3 is 19.9 Å². The Balaban J connectivity index is 1.59. The van der Waals surface area contributed by atoms with Crippen LogP contribution in [0.25, 0.3) is 10.1 Å². The maximum absolute atomic E-state index is 12.0. The molecule has 0 radical (unpaired) electrons.